The highest BCUT2D eigenvalue weighted by atomic mass is 16.7. The van der Waals surface area contributed by atoms with Gasteiger partial charge in [0.1, 0.15) is 6.10 Å². The fourth-order valence-electron chi connectivity index (χ4n) is 4.33. The molecule has 2 aliphatic rings. The lowest BCUT2D eigenvalue weighted by atomic mass is 10.1. The van der Waals surface area contributed by atoms with Crippen molar-refractivity contribution in [1.29, 1.82) is 0 Å². The summed E-state index contributed by atoms with van der Waals surface area (Å²) in [6.45, 7) is 4.80. The van der Waals surface area contributed by atoms with Gasteiger partial charge in [0.15, 0.2) is 5.79 Å². The van der Waals surface area contributed by atoms with E-state index in [-0.39, 0.29) is 12.0 Å². The van der Waals surface area contributed by atoms with E-state index in [4.69, 9.17) is 9.47 Å². The number of hydrogen-bond donors (Lipinski definition) is 1. The van der Waals surface area contributed by atoms with Crippen molar-refractivity contribution in [3.05, 3.63) is 47.3 Å². The Bertz CT molecular complexity index is 823. The average Bonchev–Trinajstić information content (AvgIpc) is 3.14. The zero-order valence-corrected chi connectivity index (χ0v) is 16.7. The number of benzene rings is 1. The van der Waals surface area contributed by atoms with Crippen molar-refractivity contribution in [1.82, 2.24) is 15.1 Å². The van der Waals surface area contributed by atoms with E-state index in [9.17, 15) is 4.79 Å². The van der Waals surface area contributed by atoms with Crippen molar-refractivity contribution in [2.75, 3.05) is 13.2 Å². The smallest absolute Gasteiger partial charge is 0.255 e. The van der Waals surface area contributed by atoms with Crippen molar-refractivity contribution in [3.63, 3.8) is 0 Å². The minimum Gasteiger partial charge on any atom is -0.349 e. The van der Waals surface area contributed by atoms with Crippen LogP contribution in [0.1, 0.15) is 60.3 Å². The van der Waals surface area contributed by atoms with E-state index in [0.717, 1.165) is 42.8 Å². The molecule has 150 valence electrons. The summed E-state index contributed by atoms with van der Waals surface area (Å²) in [4.78, 5) is 12.8. The maximum atomic E-state index is 12.8. The molecule has 2 fully saturated rings. The molecule has 1 N–H and O–H groups in total. The predicted octanol–water partition coefficient (Wildman–Crippen LogP) is 3.68. The van der Waals surface area contributed by atoms with E-state index >= 15 is 0 Å². The first-order chi connectivity index (χ1) is 13.6. The fourth-order valence-corrected chi connectivity index (χ4v) is 4.33. The highest BCUT2D eigenvalue weighted by molar-refractivity contribution is 5.96. The van der Waals surface area contributed by atoms with Crippen LogP contribution in [0, 0.1) is 13.8 Å². The minimum atomic E-state index is -0.421. The van der Waals surface area contributed by atoms with E-state index in [1.807, 2.05) is 48.9 Å². The van der Waals surface area contributed by atoms with E-state index < -0.39 is 5.79 Å². The first-order valence-corrected chi connectivity index (χ1v) is 10.3. The molecule has 1 aromatic heterocycles. The van der Waals surface area contributed by atoms with Crippen LogP contribution in [0.2, 0.25) is 0 Å². The summed E-state index contributed by atoms with van der Waals surface area (Å²) < 4.78 is 14.1. The van der Waals surface area contributed by atoms with Crippen LogP contribution in [0.4, 0.5) is 0 Å². The predicted molar refractivity (Wildman–Crippen MR) is 107 cm³/mol. The molecule has 2 heterocycles. The van der Waals surface area contributed by atoms with E-state index in [1.54, 1.807) is 0 Å². The Labute approximate surface area is 166 Å². The Morgan fingerprint density at radius 1 is 1.18 bits per heavy atom. The van der Waals surface area contributed by atoms with Gasteiger partial charge < -0.3 is 14.8 Å². The number of carbonyl (C=O) groups excluding carboxylic acids is 1. The number of ether oxygens (including phenoxy) is 2. The number of aryl methyl sites for hydroxylation is 1. The van der Waals surface area contributed by atoms with E-state index in [1.165, 1.54) is 12.8 Å². The molecular formula is C22H29N3O3. The molecule has 1 saturated heterocycles. The fraction of sp³-hybridized carbons (Fsp3) is 0.545. The third-order valence-electron chi connectivity index (χ3n) is 5.79. The molecule has 1 saturated carbocycles. The van der Waals surface area contributed by atoms with Crippen molar-refractivity contribution in [2.24, 2.45) is 0 Å². The molecule has 0 bridgehead atoms. The average molecular weight is 383 g/mol. The summed E-state index contributed by atoms with van der Waals surface area (Å²) in [6.07, 6.45) is 6.62. The van der Waals surface area contributed by atoms with Gasteiger partial charge in [0, 0.05) is 19.4 Å². The van der Waals surface area contributed by atoms with Crippen LogP contribution in [0.3, 0.4) is 0 Å². The van der Waals surface area contributed by atoms with Crippen LogP contribution in [-0.2, 0) is 9.47 Å². The maximum absolute atomic E-state index is 12.8. The van der Waals surface area contributed by atoms with Crippen LogP contribution in [0.15, 0.2) is 30.3 Å². The summed E-state index contributed by atoms with van der Waals surface area (Å²) in [5.41, 5.74) is 3.14. The van der Waals surface area contributed by atoms with Crippen molar-refractivity contribution in [3.8, 4) is 5.69 Å². The van der Waals surface area contributed by atoms with E-state index in [0.29, 0.717) is 18.7 Å². The Balaban J connectivity index is 1.40. The first kappa shape index (κ1) is 19.2. The molecule has 4 rings (SSSR count). The molecule has 6 nitrogen and oxygen atoms in total. The largest absolute Gasteiger partial charge is 0.349 e. The highest BCUT2D eigenvalue weighted by Crippen LogP contribution is 2.36. The van der Waals surface area contributed by atoms with Gasteiger partial charge >= 0.3 is 0 Å². The number of rotatable bonds is 4. The highest BCUT2D eigenvalue weighted by Gasteiger charge is 2.41. The molecule has 0 radical (unpaired) electrons. The number of nitrogens with zero attached hydrogens (tertiary/aromatic N) is 2. The standard InChI is InChI=1S/C22H29N3O3/c1-16-20(17(2)25(24-16)18-10-6-5-7-11-18)21(26)23-14-19-15-27-22(28-19)12-8-3-4-9-13-22/h5-7,10-11,19H,3-4,8-9,12-15H2,1-2H3,(H,23,26). The summed E-state index contributed by atoms with van der Waals surface area (Å²) in [5, 5.41) is 7.59. The number of amides is 1. The number of hydrogen-bond acceptors (Lipinski definition) is 4. The normalized spacial score (nSPS) is 21.6. The minimum absolute atomic E-state index is 0.0909. The van der Waals surface area contributed by atoms with Gasteiger partial charge in [0.05, 0.1) is 29.2 Å². The topological polar surface area (TPSA) is 65.4 Å². The molecule has 1 aliphatic carbocycles. The lowest BCUT2D eigenvalue weighted by Crippen LogP contribution is -2.36. The van der Waals surface area contributed by atoms with Crippen LogP contribution in [-0.4, -0.2) is 40.7 Å². The molecule has 28 heavy (non-hydrogen) atoms. The zero-order chi connectivity index (χ0) is 19.6. The van der Waals surface area contributed by atoms with Gasteiger partial charge in [-0.2, -0.15) is 5.10 Å². The van der Waals surface area contributed by atoms with Gasteiger partial charge in [-0.25, -0.2) is 4.68 Å². The second kappa shape index (κ2) is 8.05. The quantitative estimate of drug-likeness (QED) is 0.875. The van der Waals surface area contributed by atoms with Crippen LogP contribution in [0.5, 0.6) is 0 Å². The lowest BCUT2D eigenvalue weighted by Gasteiger charge is -2.26. The van der Waals surface area contributed by atoms with Gasteiger partial charge in [-0.15, -0.1) is 0 Å². The summed E-state index contributed by atoms with van der Waals surface area (Å²) in [5.74, 6) is -0.529. The molecule has 6 heteroatoms. The molecular weight excluding hydrogens is 354 g/mol. The Hall–Kier alpha value is -2.18. The SMILES string of the molecule is Cc1nn(-c2ccccc2)c(C)c1C(=O)NCC1COC2(CCCCCC2)O1. The van der Waals surface area contributed by atoms with Crippen molar-refractivity contribution >= 4 is 5.91 Å². The van der Waals surface area contributed by atoms with Crippen LogP contribution in [0.25, 0.3) is 5.69 Å². The molecule has 1 unspecified atom stereocenters. The van der Waals surface area contributed by atoms with E-state index in [2.05, 4.69) is 10.4 Å². The summed E-state index contributed by atoms with van der Waals surface area (Å²) in [7, 11) is 0. The summed E-state index contributed by atoms with van der Waals surface area (Å²) >= 11 is 0. The van der Waals surface area contributed by atoms with Crippen LogP contribution >= 0.6 is 0 Å². The third kappa shape index (κ3) is 3.84. The van der Waals surface area contributed by atoms with Gasteiger partial charge in [0.25, 0.3) is 5.91 Å². The molecule has 1 spiro atoms. The number of para-hydroxylation sites is 1. The van der Waals surface area contributed by atoms with Crippen molar-refractivity contribution in [2.45, 2.75) is 64.3 Å². The Kier molecular flexibility index (Phi) is 5.51. The second-order valence-corrected chi connectivity index (χ2v) is 7.88. The van der Waals surface area contributed by atoms with Gasteiger partial charge in [-0.05, 0) is 38.8 Å². The lowest BCUT2D eigenvalue weighted by molar-refractivity contribution is -0.175. The molecule has 1 amide bonds. The van der Waals surface area contributed by atoms with Gasteiger partial charge in [0.2, 0.25) is 0 Å². The van der Waals surface area contributed by atoms with Gasteiger partial charge in [-0.3, -0.25) is 4.79 Å². The monoisotopic (exact) mass is 383 g/mol. The Morgan fingerprint density at radius 2 is 1.89 bits per heavy atom. The first-order valence-electron chi connectivity index (χ1n) is 10.3. The van der Waals surface area contributed by atoms with Crippen molar-refractivity contribution < 1.29 is 14.3 Å². The molecule has 1 atom stereocenters. The molecule has 1 aliphatic heterocycles. The number of nitrogens with one attached hydrogen (secondary N) is 1. The number of carbonyl (C=O) groups is 1. The molecule has 1 aromatic carbocycles. The number of aromatic nitrogens is 2. The second-order valence-electron chi connectivity index (χ2n) is 7.88. The van der Waals surface area contributed by atoms with Crippen LogP contribution < -0.4 is 5.32 Å². The Morgan fingerprint density at radius 3 is 2.61 bits per heavy atom. The molecule has 2 aromatic rings. The summed E-state index contributed by atoms with van der Waals surface area (Å²) in [6, 6.07) is 9.86. The maximum Gasteiger partial charge on any atom is 0.255 e. The third-order valence-corrected chi connectivity index (χ3v) is 5.79. The zero-order valence-electron chi connectivity index (χ0n) is 16.7. The van der Waals surface area contributed by atoms with Gasteiger partial charge in [-0.1, -0.05) is 31.0 Å².